The topological polar surface area (TPSA) is 52.3 Å². The Morgan fingerprint density at radius 3 is 0.802 bits per heavy atom. The molecule has 0 fully saturated rings. The molecule has 0 spiro atoms. The fraction of sp³-hybridized carbons (Fsp3) is 0.224. The quantitative estimate of drug-likeness (QED) is 0.0443. The Labute approximate surface area is 500 Å². The number of hydrogen-bond acceptors (Lipinski definition) is 2. The van der Waals surface area contributed by atoms with Gasteiger partial charge in [0, 0.05) is 11.4 Å². The average Bonchev–Trinajstić information content (AvgIpc) is 3.23. The van der Waals surface area contributed by atoms with Crippen molar-refractivity contribution in [3.8, 4) is 0 Å². The van der Waals surface area contributed by atoms with Gasteiger partial charge < -0.3 is 21.3 Å². The van der Waals surface area contributed by atoms with Crippen molar-refractivity contribution in [3.63, 3.8) is 0 Å². The Kier molecular flexibility index (Phi) is 27.0. The van der Waals surface area contributed by atoms with Crippen LogP contribution >= 0.6 is 0 Å². The zero-order valence-electron chi connectivity index (χ0n) is 46.8. The molecule has 2 N–H and O–H groups in total. The van der Waals surface area contributed by atoms with Crippen LogP contribution in [-0.2, 0) is 21.8 Å². The van der Waals surface area contributed by atoms with Gasteiger partial charge in [0.25, 0.3) is 11.8 Å². The van der Waals surface area contributed by atoms with E-state index in [2.05, 4.69) is 216 Å². The van der Waals surface area contributed by atoms with E-state index >= 15 is 0 Å². The summed E-state index contributed by atoms with van der Waals surface area (Å²) in [5.41, 5.74) is 2.18. The lowest BCUT2D eigenvalue weighted by atomic mass is 10.1. The number of halogens is 13. The van der Waals surface area contributed by atoms with Gasteiger partial charge in [-0.3, -0.25) is 0 Å². The van der Waals surface area contributed by atoms with E-state index in [0.29, 0.717) is 18.3 Å². The third-order valence-electron chi connectivity index (χ3n) is 11.7. The van der Waals surface area contributed by atoms with Crippen LogP contribution in [0.3, 0.4) is 0 Å². The summed E-state index contributed by atoms with van der Waals surface area (Å²) in [6.45, 7) is -0.361. The number of benzene rings is 8. The minimum atomic E-state index is -4.74. The molecular formula is C67H65F13N4S2. The molecule has 0 saturated heterocycles. The largest absolute Gasteiger partial charge is 0.653 e. The van der Waals surface area contributed by atoms with Crippen molar-refractivity contribution >= 4 is 45.3 Å². The van der Waals surface area contributed by atoms with Crippen LogP contribution in [0.25, 0.3) is 22.8 Å². The smallest absolute Gasteiger partial charge is 0.371 e. The highest BCUT2D eigenvalue weighted by Gasteiger charge is 2.42. The van der Waals surface area contributed by atoms with E-state index in [1.807, 2.05) is 0 Å². The summed E-state index contributed by atoms with van der Waals surface area (Å²) < 4.78 is 169. The van der Waals surface area contributed by atoms with E-state index in [-0.39, 0.29) is 21.8 Å². The summed E-state index contributed by atoms with van der Waals surface area (Å²) in [5, 5.41) is 10.3. The van der Waals surface area contributed by atoms with Crippen molar-refractivity contribution < 1.29 is 57.1 Å². The zero-order valence-corrected chi connectivity index (χ0v) is 48.4. The molecule has 0 unspecified atom stereocenters. The molecule has 8 aromatic rings. The van der Waals surface area contributed by atoms with Crippen LogP contribution in [0, 0.1) is 0 Å². The Bertz CT molecular complexity index is 2760. The molecule has 0 amide bonds. The monoisotopic (exact) mass is 1240 g/mol. The van der Waals surface area contributed by atoms with Crippen molar-refractivity contribution in [2.75, 3.05) is 49.9 Å². The Hall–Kier alpha value is -7.45. The minimum absolute atomic E-state index is 0.0146. The Morgan fingerprint density at radius 1 is 0.337 bits per heavy atom. The van der Waals surface area contributed by atoms with Gasteiger partial charge in [-0.25, -0.2) is 43.9 Å². The molecule has 0 aliphatic carbocycles. The summed E-state index contributed by atoms with van der Waals surface area (Å²) >= 11 is 0. The number of anilines is 2. The Balaban J connectivity index is 0.000000210. The maximum absolute atomic E-state index is 13.7. The highest BCUT2D eigenvalue weighted by molar-refractivity contribution is 7.97. The lowest BCUT2D eigenvalue weighted by Gasteiger charge is -2.31. The van der Waals surface area contributed by atoms with Crippen molar-refractivity contribution in [2.45, 2.75) is 84.9 Å². The molecule has 0 aliphatic heterocycles. The fourth-order valence-electron chi connectivity index (χ4n) is 7.85. The van der Waals surface area contributed by atoms with E-state index in [9.17, 15) is 57.1 Å². The van der Waals surface area contributed by atoms with Gasteiger partial charge in [-0.2, -0.15) is 13.2 Å². The summed E-state index contributed by atoms with van der Waals surface area (Å²) in [6, 6.07) is 76.7. The average molecular weight is 1240 g/mol. The van der Waals surface area contributed by atoms with E-state index in [4.69, 9.17) is 0 Å². The summed E-state index contributed by atoms with van der Waals surface area (Å²) in [6.07, 6.45) is -5.28. The summed E-state index contributed by atoms with van der Waals surface area (Å²) in [7, 11) is -0.0293. The van der Waals surface area contributed by atoms with Crippen LogP contribution in [0.2, 0.25) is 0 Å². The maximum Gasteiger partial charge on any atom is 0.371 e. The van der Waals surface area contributed by atoms with Crippen LogP contribution in [0.5, 0.6) is 0 Å². The molecule has 4 nitrogen and oxygen atoms in total. The molecule has 456 valence electrons. The highest BCUT2D eigenvalue weighted by atomic mass is 32.2. The van der Waals surface area contributed by atoms with Gasteiger partial charge in [0.15, 0.2) is 29.4 Å². The second kappa shape index (κ2) is 33.5. The molecule has 8 rings (SSSR count). The zero-order chi connectivity index (χ0) is 62.7. The molecule has 0 saturated carbocycles. The van der Waals surface area contributed by atoms with Crippen molar-refractivity contribution in [2.24, 2.45) is 0 Å². The van der Waals surface area contributed by atoms with Crippen LogP contribution in [0.4, 0.5) is 68.5 Å². The van der Waals surface area contributed by atoms with Crippen LogP contribution < -0.4 is 10.6 Å². The van der Waals surface area contributed by atoms with E-state index < -0.39 is 87.9 Å². The number of alkyl halides is 13. The van der Waals surface area contributed by atoms with Crippen molar-refractivity contribution in [3.05, 3.63) is 265 Å². The number of nitrogens with zero attached hydrogens (tertiary/aromatic N) is 2. The first-order chi connectivity index (χ1) is 40.7. The highest BCUT2D eigenvalue weighted by Crippen LogP contribution is 2.36. The molecule has 0 radical (unpaired) electrons. The van der Waals surface area contributed by atoms with E-state index in [1.165, 1.54) is 53.6 Å². The fourth-order valence-corrected chi connectivity index (χ4v) is 12.1. The predicted molar refractivity (Wildman–Crippen MR) is 325 cm³/mol. The minimum Gasteiger partial charge on any atom is -0.653 e. The molecule has 0 atom stereocenters. The van der Waals surface area contributed by atoms with Gasteiger partial charge in [-0.15, -0.1) is 0 Å². The first-order valence-corrected chi connectivity index (χ1v) is 29.1. The van der Waals surface area contributed by atoms with E-state index in [1.54, 1.807) is 36.4 Å². The maximum atomic E-state index is 13.7. The summed E-state index contributed by atoms with van der Waals surface area (Å²) in [4.78, 5) is 8.17. The van der Waals surface area contributed by atoms with Crippen LogP contribution in [0.15, 0.2) is 273 Å². The predicted octanol–water partition coefficient (Wildman–Crippen LogP) is 20.3. The molecule has 19 heteroatoms. The summed E-state index contributed by atoms with van der Waals surface area (Å²) in [5.74, 6) is -18.6. The number of nitrogens with one attached hydrogen (secondary N) is 2. The van der Waals surface area contributed by atoms with Crippen LogP contribution in [0.1, 0.15) is 30.9 Å². The second-order valence-electron chi connectivity index (χ2n) is 19.4. The number of rotatable bonds is 25. The normalized spacial score (nSPS) is 11.9. The standard InChI is InChI=1S/2C18H15S.C16H19F6N2.C15H16F7N2/c2*1-4-10-16(11-5-1)19(17-12-6-2-7-13-17)18-14-8-3-9-15-18;1-3-12-4-6-13(7-5-12)24-11-16(21,22)8-15(19,20)10-23-9-14(2,17)18;1-2-11-3-5-12(6-4-11)24-9-14(18,19)7-13(16,17)8-23-10-15(20,21)22/h2*1-15H;3-7,24H,1,8-11H2,2H3;2-6,24H,1,7-10H2/q2*+1;2*-1. The van der Waals surface area contributed by atoms with Crippen LogP contribution in [-0.4, -0.2) is 75.1 Å². The molecule has 8 aromatic carbocycles. The van der Waals surface area contributed by atoms with Gasteiger partial charge in [-0.05, 0) is 115 Å². The first kappa shape index (κ1) is 69.3. The molecule has 86 heavy (non-hydrogen) atoms. The second-order valence-corrected chi connectivity index (χ2v) is 23.4. The molecule has 0 heterocycles. The first-order valence-electron chi connectivity index (χ1n) is 26.7. The third kappa shape index (κ3) is 26.4. The lowest BCUT2D eigenvalue weighted by Crippen LogP contribution is -2.37. The van der Waals surface area contributed by atoms with Gasteiger partial charge in [-0.1, -0.05) is 185 Å². The van der Waals surface area contributed by atoms with Crippen molar-refractivity contribution in [1.29, 1.82) is 0 Å². The van der Waals surface area contributed by atoms with E-state index in [0.717, 1.165) is 11.1 Å². The molecule has 0 aliphatic rings. The SMILES string of the molecule is C=Cc1ccc(NCC(F)(F)CC(F)(F)C[N-]CC(C)(F)F)cc1.C=Cc1ccc(NCC(F)(F)CC(F)(F)C[N-]CC(F)(F)F)cc1.c1ccc([S+](c2ccccc2)c2ccccc2)cc1.c1ccc([S+](c2ccccc2)c2ccccc2)cc1. The van der Waals surface area contributed by atoms with Gasteiger partial charge in [0.05, 0.1) is 47.7 Å². The third-order valence-corrected chi connectivity index (χ3v) is 16.1. The Morgan fingerprint density at radius 2 is 0.581 bits per heavy atom. The molecule has 0 aromatic heterocycles. The van der Waals surface area contributed by atoms with Gasteiger partial charge >= 0.3 is 6.18 Å². The van der Waals surface area contributed by atoms with Crippen molar-refractivity contribution in [1.82, 2.24) is 0 Å². The van der Waals surface area contributed by atoms with Gasteiger partial charge in [0.1, 0.15) is 0 Å². The van der Waals surface area contributed by atoms with Gasteiger partial charge in [0.2, 0.25) is 17.8 Å². The molecular weight excluding hydrogens is 1170 g/mol. The number of hydrogen-bond donors (Lipinski definition) is 2. The molecule has 0 bridgehead atoms. The lowest BCUT2D eigenvalue weighted by molar-refractivity contribution is -0.117.